The van der Waals surface area contributed by atoms with E-state index < -0.39 is 5.47 Å². The largest absolute Gasteiger partial charge is 0.335 e. The fourth-order valence-electron chi connectivity index (χ4n) is 0.156. The third-order valence-electron chi connectivity index (χ3n) is 0.603. The molecule has 0 aromatic carbocycles. The highest BCUT2D eigenvalue weighted by Crippen LogP contribution is 2.56. The average Bonchev–Trinajstić information content (AvgIpc) is 1.87. The van der Waals surface area contributed by atoms with Gasteiger partial charge in [-0.1, -0.05) is 11.4 Å². The van der Waals surface area contributed by atoms with E-state index in [0.29, 0.717) is 0 Å². The van der Waals surface area contributed by atoms with Gasteiger partial charge < -0.3 is 4.52 Å². The van der Waals surface area contributed by atoms with Crippen molar-refractivity contribution in [3.8, 4) is 5.81 Å². The summed E-state index contributed by atoms with van der Waals surface area (Å²) in [6.07, 6.45) is 1.79. The molecule has 0 rings (SSSR count). The van der Waals surface area contributed by atoms with Crippen LogP contribution in [0.15, 0.2) is 0 Å². The summed E-state index contributed by atoms with van der Waals surface area (Å²) in [5.41, 5.74) is -2.11. The Kier molecular flexibility index (Phi) is 3.67. The van der Waals surface area contributed by atoms with Crippen molar-refractivity contribution >= 4 is 28.7 Å². The lowest BCUT2D eigenvalue weighted by atomic mass is 11.8. The molecule has 0 aliphatic carbocycles. The van der Waals surface area contributed by atoms with Gasteiger partial charge >= 0.3 is 0 Å². The van der Waals surface area contributed by atoms with E-state index in [2.05, 4.69) is 0 Å². The summed E-state index contributed by atoms with van der Waals surface area (Å²) in [6.45, 7) is 0. The molecular weight excluding hydrogens is 161 g/mol. The van der Waals surface area contributed by atoms with E-state index in [-0.39, 0.29) is 0 Å². The highest BCUT2D eigenvalue weighted by molar-refractivity contribution is 8.70. The normalized spacial score (nSPS) is 16.6. The highest BCUT2D eigenvalue weighted by Gasteiger charge is 2.10. The molecule has 5 heteroatoms. The van der Waals surface area contributed by atoms with E-state index in [0.717, 1.165) is 0 Å². The van der Waals surface area contributed by atoms with Crippen LogP contribution in [0.3, 0.4) is 0 Å². The summed E-state index contributed by atoms with van der Waals surface area (Å²) in [6, 6.07) is 0. The summed E-state index contributed by atoms with van der Waals surface area (Å²) >= 11 is 6.11. The maximum absolute atomic E-state index is 8.33. The third kappa shape index (κ3) is 2.15. The fraction of sp³-hybridized carbons (Fsp3) is 0.667. The Balaban J connectivity index is 4.06. The molecule has 0 saturated heterocycles. The number of nitrogens with zero attached hydrogens (tertiary/aromatic N) is 1. The van der Waals surface area contributed by atoms with Crippen molar-refractivity contribution in [3.05, 3.63) is 0 Å². The first-order valence-electron chi connectivity index (χ1n) is 1.81. The lowest BCUT2D eigenvalue weighted by Crippen LogP contribution is -1.71. The average molecular weight is 167 g/mol. The lowest BCUT2D eigenvalue weighted by molar-refractivity contribution is 0.477. The maximum Gasteiger partial charge on any atom is 0.217 e. The van der Waals surface area contributed by atoms with Crippen LogP contribution in [-0.2, 0) is 16.3 Å². The molecule has 0 fully saturated rings. The third-order valence-corrected chi connectivity index (χ3v) is 5.98. The van der Waals surface area contributed by atoms with Gasteiger partial charge in [0.25, 0.3) is 0 Å². The summed E-state index contributed by atoms with van der Waals surface area (Å²) in [5, 5.41) is 8.33. The monoisotopic (exact) mass is 167 g/mol. The van der Waals surface area contributed by atoms with Crippen LogP contribution < -0.4 is 0 Å². The molecule has 0 aliphatic rings. The first-order chi connectivity index (χ1) is 3.68. The van der Waals surface area contributed by atoms with Gasteiger partial charge in [-0.05, 0) is 18.1 Å². The van der Waals surface area contributed by atoms with Crippen LogP contribution in [0.2, 0.25) is 0 Å². The molecule has 0 amide bonds. The Morgan fingerprint density at radius 2 is 2.38 bits per heavy atom. The second-order valence-corrected chi connectivity index (χ2v) is 7.76. The number of hydrogen-bond acceptors (Lipinski definition) is 4. The van der Waals surface area contributed by atoms with Gasteiger partial charge in [0.1, 0.15) is 5.81 Å². The van der Waals surface area contributed by atoms with Crippen LogP contribution in [0.4, 0.5) is 0 Å². The molecule has 1 atom stereocenters. The van der Waals surface area contributed by atoms with Gasteiger partial charge in [0, 0.05) is 7.11 Å². The van der Waals surface area contributed by atoms with Gasteiger partial charge in [0.05, 0.1) is 0 Å². The van der Waals surface area contributed by atoms with Gasteiger partial charge in [0.2, 0.25) is 5.47 Å². The van der Waals surface area contributed by atoms with Gasteiger partial charge in [0.15, 0.2) is 0 Å². The Morgan fingerprint density at radius 3 is 2.38 bits per heavy atom. The van der Waals surface area contributed by atoms with Gasteiger partial charge in [-0.25, -0.2) is 0 Å². The Hall–Kier alpha value is 0.450. The highest BCUT2D eigenvalue weighted by atomic mass is 32.9. The lowest BCUT2D eigenvalue weighted by Gasteiger charge is -2.04. The topological polar surface area (TPSA) is 33.0 Å². The fourth-order valence-corrected chi connectivity index (χ4v) is 1.16. The molecule has 46 valence electrons. The summed E-state index contributed by atoms with van der Waals surface area (Å²) < 4.78 is 4.76. The van der Waals surface area contributed by atoms with Crippen molar-refractivity contribution in [1.82, 2.24) is 0 Å². The van der Waals surface area contributed by atoms with E-state index >= 15 is 0 Å². The van der Waals surface area contributed by atoms with Gasteiger partial charge in [-0.15, -0.1) is 0 Å². The molecule has 0 heterocycles. The SMILES string of the molecule is COP(=S)(C#N)SC. The maximum atomic E-state index is 8.33. The molecule has 0 radical (unpaired) electrons. The van der Waals surface area contributed by atoms with Gasteiger partial charge in [-0.3, -0.25) is 0 Å². The smallest absolute Gasteiger partial charge is 0.217 e. The standard InChI is InChI=1S/C3H6NOPS2/c1-5-6(7,3-4)8-2/h1-2H3. The quantitative estimate of drug-likeness (QED) is 0.587. The first kappa shape index (κ1) is 8.45. The molecule has 0 spiro atoms. The predicted octanol–water partition coefficient (Wildman–Crippen LogP) is 1.79. The van der Waals surface area contributed by atoms with Crippen molar-refractivity contribution in [2.75, 3.05) is 13.4 Å². The summed E-state index contributed by atoms with van der Waals surface area (Å²) in [4.78, 5) is 0. The van der Waals surface area contributed by atoms with E-state index in [1.54, 1.807) is 6.26 Å². The molecule has 0 aliphatic heterocycles. The molecular formula is C3H6NOPS2. The Morgan fingerprint density at radius 1 is 1.88 bits per heavy atom. The van der Waals surface area contributed by atoms with Crippen molar-refractivity contribution < 1.29 is 4.52 Å². The van der Waals surface area contributed by atoms with E-state index in [9.17, 15) is 0 Å². The number of hydrogen-bond donors (Lipinski definition) is 0. The molecule has 0 saturated carbocycles. The molecule has 0 aromatic rings. The van der Waals surface area contributed by atoms with E-state index in [1.165, 1.54) is 18.5 Å². The van der Waals surface area contributed by atoms with Gasteiger partial charge in [-0.2, -0.15) is 5.26 Å². The zero-order chi connectivity index (χ0) is 6.62. The predicted molar refractivity (Wildman–Crippen MR) is 40.4 cm³/mol. The Labute approximate surface area is 58.1 Å². The molecule has 0 N–H and O–H groups in total. The second-order valence-electron chi connectivity index (χ2n) is 0.963. The minimum Gasteiger partial charge on any atom is -0.335 e. The second kappa shape index (κ2) is 3.47. The van der Waals surface area contributed by atoms with Crippen molar-refractivity contribution in [1.29, 1.82) is 5.26 Å². The van der Waals surface area contributed by atoms with Crippen molar-refractivity contribution in [2.45, 2.75) is 0 Å². The number of nitriles is 1. The van der Waals surface area contributed by atoms with E-state index in [4.69, 9.17) is 21.6 Å². The molecule has 0 bridgehead atoms. The first-order valence-corrected chi connectivity index (χ1v) is 6.36. The van der Waals surface area contributed by atoms with E-state index in [1.807, 2.05) is 5.81 Å². The van der Waals surface area contributed by atoms with Crippen LogP contribution in [-0.4, -0.2) is 13.4 Å². The van der Waals surface area contributed by atoms with Crippen LogP contribution in [0.25, 0.3) is 0 Å². The minimum atomic E-state index is -2.11. The van der Waals surface area contributed by atoms with Crippen LogP contribution in [0.1, 0.15) is 0 Å². The van der Waals surface area contributed by atoms with Crippen molar-refractivity contribution in [2.24, 2.45) is 0 Å². The van der Waals surface area contributed by atoms with Crippen molar-refractivity contribution in [3.63, 3.8) is 0 Å². The number of rotatable bonds is 2. The summed E-state index contributed by atoms with van der Waals surface area (Å²) in [5.74, 6) is 1.94. The molecule has 8 heavy (non-hydrogen) atoms. The minimum absolute atomic E-state index is 1.31. The Bertz CT molecular complexity index is 144. The molecule has 1 unspecified atom stereocenters. The molecule has 2 nitrogen and oxygen atoms in total. The van der Waals surface area contributed by atoms with Crippen LogP contribution >= 0.6 is 16.8 Å². The van der Waals surface area contributed by atoms with Crippen LogP contribution in [0, 0.1) is 11.1 Å². The zero-order valence-electron chi connectivity index (χ0n) is 4.62. The molecule has 0 aromatic heterocycles. The van der Waals surface area contributed by atoms with Crippen LogP contribution in [0.5, 0.6) is 0 Å². The zero-order valence-corrected chi connectivity index (χ0v) is 7.15. The summed E-state index contributed by atoms with van der Waals surface area (Å²) in [7, 11) is 1.47.